The molecule has 6 heteroatoms. The lowest BCUT2D eigenvalue weighted by Crippen LogP contribution is -2.39. The normalized spacial score (nSPS) is 17.3. The minimum Gasteiger partial charge on any atom is -0.328 e. The third-order valence-corrected chi connectivity index (χ3v) is 4.69. The molecule has 3 aromatic rings. The number of rotatable bonds is 3. The van der Waals surface area contributed by atoms with Crippen LogP contribution in [0.2, 0.25) is 0 Å². The molecule has 132 valence electrons. The molecule has 0 aliphatic carbocycles. The van der Waals surface area contributed by atoms with E-state index in [0.29, 0.717) is 23.8 Å². The summed E-state index contributed by atoms with van der Waals surface area (Å²) in [5, 5.41) is 7.30. The summed E-state index contributed by atoms with van der Waals surface area (Å²) < 4.78 is 13.5. The highest BCUT2D eigenvalue weighted by atomic mass is 19.1. The van der Waals surface area contributed by atoms with Crippen molar-refractivity contribution in [2.75, 3.05) is 6.54 Å². The van der Waals surface area contributed by atoms with Gasteiger partial charge in [-0.05, 0) is 37.5 Å². The number of nitrogens with one attached hydrogen (secondary N) is 1. The molecule has 1 fully saturated rings. The summed E-state index contributed by atoms with van der Waals surface area (Å²) in [5.74, 6) is 0.708. The predicted octanol–water partition coefficient (Wildman–Crippen LogP) is 3.98. The van der Waals surface area contributed by atoms with Crippen molar-refractivity contribution < 1.29 is 9.18 Å². The highest BCUT2D eigenvalue weighted by molar-refractivity contribution is 5.94. The average molecular weight is 350 g/mol. The molecule has 0 radical (unpaired) electrons. The molecule has 2 aromatic carbocycles. The SMILES string of the molecule is O=C(c1cccc(F)c1)N1CCCCC1c1nc(-c2ccccc2)n[nH]1. The van der Waals surface area contributed by atoms with Gasteiger partial charge in [0.25, 0.3) is 5.91 Å². The number of carbonyl (C=O) groups is 1. The number of aromatic nitrogens is 3. The Morgan fingerprint density at radius 1 is 1.12 bits per heavy atom. The molecule has 1 saturated heterocycles. The molecule has 26 heavy (non-hydrogen) atoms. The highest BCUT2D eigenvalue weighted by Gasteiger charge is 2.31. The lowest BCUT2D eigenvalue weighted by molar-refractivity contribution is 0.0600. The molecular formula is C20H19FN4O. The Morgan fingerprint density at radius 2 is 1.96 bits per heavy atom. The first-order valence-corrected chi connectivity index (χ1v) is 8.76. The van der Waals surface area contributed by atoms with E-state index in [0.717, 1.165) is 24.8 Å². The van der Waals surface area contributed by atoms with Crippen LogP contribution in [0.1, 0.15) is 41.5 Å². The van der Waals surface area contributed by atoms with Crippen LogP contribution in [0.25, 0.3) is 11.4 Å². The summed E-state index contributed by atoms with van der Waals surface area (Å²) in [6, 6.07) is 15.4. The molecule has 1 N–H and O–H groups in total. The van der Waals surface area contributed by atoms with Crippen molar-refractivity contribution in [1.82, 2.24) is 20.1 Å². The maximum atomic E-state index is 13.5. The van der Waals surface area contributed by atoms with Crippen LogP contribution in [-0.4, -0.2) is 32.5 Å². The molecule has 2 heterocycles. The van der Waals surface area contributed by atoms with Gasteiger partial charge in [0.15, 0.2) is 5.82 Å². The fourth-order valence-corrected chi connectivity index (χ4v) is 3.39. The first-order valence-electron chi connectivity index (χ1n) is 8.76. The van der Waals surface area contributed by atoms with Gasteiger partial charge < -0.3 is 4.90 Å². The molecule has 1 unspecified atom stereocenters. The van der Waals surface area contributed by atoms with Crippen molar-refractivity contribution in [3.05, 3.63) is 71.8 Å². The smallest absolute Gasteiger partial charge is 0.254 e. The summed E-state index contributed by atoms with van der Waals surface area (Å²) in [5.41, 5.74) is 1.29. The molecule has 1 aliphatic heterocycles. The second-order valence-electron chi connectivity index (χ2n) is 6.43. The molecule has 1 amide bonds. The Balaban J connectivity index is 1.62. The minimum atomic E-state index is -0.407. The van der Waals surface area contributed by atoms with Crippen molar-refractivity contribution in [2.45, 2.75) is 25.3 Å². The summed E-state index contributed by atoms with van der Waals surface area (Å²) in [6.45, 7) is 0.626. The van der Waals surface area contributed by atoms with Crippen LogP contribution in [0.4, 0.5) is 4.39 Å². The zero-order chi connectivity index (χ0) is 17.9. The lowest BCUT2D eigenvalue weighted by atomic mass is 10.00. The molecule has 4 rings (SSSR count). The molecule has 5 nitrogen and oxygen atoms in total. The fraction of sp³-hybridized carbons (Fsp3) is 0.250. The molecule has 1 atom stereocenters. The average Bonchev–Trinajstić information content (AvgIpc) is 3.18. The first kappa shape index (κ1) is 16.4. The Kier molecular flexibility index (Phi) is 4.48. The molecular weight excluding hydrogens is 331 g/mol. The quantitative estimate of drug-likeness (QED) is 0.777. The van der Waals surface area contributed by atoms with Crippen LogP contribution in [0, 0.1) is 5.82 Å². The maximum Gasteiger partial charge on any atom is 0.254 e. The Labute approximate surface area is 150 Å². The van der Waals surface area contributed by atoms with E-state index in [9.17, 15) is 9.18 Å². The van der Waals surface area contributed by atoms with E-state index in [-0.39, 0.29) is 11.9 Å². The maximum absolute atomic E-state index is 13.5. The summed E-state index contributed by atoms with van der Waals surface area (Å²) in [6.07, 6.45) is 2.75. The zero-order valence-corrected chi connectivity index (χ0v) is 14.2. The van der Waals surface area contributed by atoms with E-state index in [4.69, 9.17) is 0 Å². The van der Waals surface area contributed by atoms with Gasteiger partial charge in [-0.25, -0.2) is 9.37 Å². The second-order valence-corrected chi connectivity index (χ2v) is 6.43. The third-order valence-electron chi connectivity index (χ3n) is 4.69. The van der Waals surface area contributed by atoms with Gasteiger partial charge in [-0.3, -0.25) is 9.89 Å². The number of halogens is 1. The van der Waals surface area contributed by atoms with Crippen LogP contribution in [0.3, 0.4) is 0 Å². The standard InChI is InChI=1S/C20H19FN4O/c21-16-10-6-9-15(13-16)20(26)25-12-5-4-11-17(25)19-22-18(23-24-19)14-7-2-1-3-8-14/h1-3,6-10,13,17H,4-5,11-12H2,(H,22,23,24). The largest absolute Gasteiger partial charge is 0.328 e. The van der Waals surface area contributed by atoms with E-state index in [1.54, 1.807) is 17.0 Å². The van der Waals surface area contributed by atoms with Gasteiger partial charge in [0.2, 0.25) is 0 Å². The van der Waals surface area contributed by atoms with Gasteiger partial charge in [-0.2, -0.15) is 5.10 Å². The number of carbonyl (C=O) groups excluding carboxylic acids is 1. The molecule has 0 spiro atoms. The van der Waals surface area contributed by atoms with Crippen molar-refractivity contribution >= 4 is 5.91 Å². The van der Waals surface area contributed by atoms with Gasteiger partial charge in [0.05, 0.1) is 6.04 Å². The fourth-order valence-electron chi connectivity index (χ4n) is 3.39. The van der Waals surface area contributed by atoms with Crippen LogP contribution in [0.5, 0.6) is 0 Å². The number of benzene rings is 2. The molecule has 1 aromatic heterocycles. The summed E-state index contributed by atoms with van der Waals surface area (Å²) >= 11 is 0. The zero-order valence-electron chi connectivity index (χ0n) is 14.2. The predicted molar refractivity (Wildman–Crippen MR) is 95.8 cm³/mol. The first-order chi connectivity index (χ1) is 12.7. The van der Waals surface area contributed by atoms with Gasteiger partial charge in [0, 0.05) is 17.7 Å². The second kappa shape index (κ2) is 7.07. The monoisotopic (exact) mass is 350 g/mol. The Hall–Kier alpha value is -3.02. The molecule has 0 saturated carbocycles. The van der Waals surface area contributed by atoms with E-state index in [2.05, 4.69) is 15.2 Å². The van der Waals surface area contributed by atoms with Crippen LogP contribution < -0.4 is 0 Å². The summed E-state index contributed by atoms with van der Waals surface area (Å²) in [7, 11) is 0. The van der Waals surface area contributed by atoms with E-state index < -0.39 is 5.82 Å². The third kappa shape index (κ3) is 3.22. The Morgan fingerprint density at radius 3 is 2.77 bits per heavy atom. The van der Waals surface area contributed by atoms with E-state index in [1.165, 1.54) is 12.1 Å². The van der Waals surface area contributed by atoms with Crippen LogP contribution >= 0.6 is 0 Å². The van der Waals surface area contributed by atoms with Gasteiger partial charge in [-0.1, -0.05) is 36.4 Å². The Bertz CT molecular complexity index is 909. The number of amides is 1. The van der Waals surface area contributed by atoms with Crippen molar-refractivity contribution in [3.63, 3.8) is 0 Å². The number of piperidine rings is 1. The van der Waals surface area contributed by atoms with Crippen molar-refractivity contribution in [3.8, 4) is 11.4 Å². The highest BCUT2D eigenvalue weighted by Crippen LogP contribution is 2.31. The summed E-state index contributed by atoms with van der Waals surface area (Å²) in [4.78, 5) is 19.3. The number of H-pyrrole nitrogens is 1. The van der Waals surface area contributed by atoms with Crippen LogP contribution in [-0.2, 0) is 0 Å². The van der Waals surface area contributed by atoms with Crippen molar-refractivity contribution in [2.24, 2.45) is 0 Å². The molecule has 0 bridgehead atoms. The van der Waals surface area contributed by atoms with Crippen LogP contribution in [0.15, 0.2) is 54.6 Å². The number of likely N-dealkylation sites (tertiary alicyclic amines) is 1. The lowest BCUT2D eigenvalue weighted by Gasteiger charge is -2.34. The number of nitrogens with zero attached hydrogens (tertiary/aromatic N) is 3. The minimum absolute atomic E-state index is 0.174. The number of hydrogen-bond donors (Lipinski definition) is 1. The van der Waals surface area contributed by atoms with Gasteiger partial charge in [-0.15, -0.1) is 0 Å². The number of aromatic amines is 1. The van der Waals surface area contributed by atoms with Crippen molar-refractivity contribution in [1.29, 1.82) is 0 Å². The van der Waals surface area contributed by atoms with Gasteiger partial charge >= 0.3 is 0 Å². The number of hydrogen-bond acceptors (Lipinski definition) is 3. The van der Waals surface area contributed by atoms with Gasteiger partial charge in [0.1, 0.15) is 11.6 Å². The topological polar surface area (TPSA) is 61.9 Å². The van der Waals surface area contributed by atoms with E-state index in [1.807, 2.05) is 30.3 Å². The molecule has 1 aliphatic rings. The van der Waals surface area contributed by atoms with E-state index >= 15 is 0 Å².